The molecule has 0 unspecified atom stereocenters. The van der Waals surface area contributed by atoms with Crippen molar-refractivity contribution < 1.29 is 9.18 Å². The van der Waals surface area contributed by atoms with Gasteiger partial charge in [-0.3, -0.25) is 19.8 Å². The topological polar surface area (TPSA) is 86.8 Å². The lowest BCUT2D eigenvalue weighted by molar-refractivity contribution is 0.0972. The van der Waals surface area contributed by atoms with Crippen LogP contribution < -0.4 is 5.32 Å². The Bertz CT molecular complexity index is 1050. The molecule has 29 heavy (non-hydrogen) atoms. The maximum Gasteiger partial charge on any atom is 0.264 e. The number of carbonyl (C=O) groups is 1. The number of nitriles is 1. The standard InChI is InChI=1S/C21H23FN6O/c1-27(2)9-3-4-10-28-20-6-5-16(22)12-18(20)19(26-28)11-15-13-24-8-7-17(15)21(29)25-14-23/h5-8,12-13H,3-4,9-11H2,1-2H3,(H,25,29). The van der Waals surface area contributed by atoms with Crippen molar-refractivity contribution in [3.63, 3.8) is 0 Å². The number of nitrogens with one attached hydrogen (secondary N) is 1. The lowest BCUT2D eigenvalue weighted by Gasteiger charge is -2.09. The van der Waals surface area contributed by atoms with Gasteiger partial charge in [-0.25, -0.2) is 4.39 Å². The normalized spacial score (nSPS) is 11.0. The first-order chi connectivity index (χ1) is 14.0. The number of amides is 1. The number of aryl methyl sites for hydroxylation is 1. The van der Waals surface area contributed by atoms with Gasteiger partial charge in [-0.15, -0.1) is 0 Å². The molecule has 1 aromatic carbocycles. The average molecular weight is 394 g/mol. The predicted octanol–water partition coefficient (Wildman–Crippen LogP) is 2.71. The van der Waals surface area contributed by atoms with Crippen molar-refractivity contribution in [1.82, 2.24) is 25.0 Å². The number of hydrogen-bond acceptors (Lipinski definition) is 5. The fourth-order valence-corrected chi connectivity index (χ4v) is 3.30. The summed E-state index contributed by atoms with van der Waals surface area (Å²) in [5.74, 6) is -0.831. The molecule has 2 heterocycles. The molecular formula is C21H23FN6O. The minimum absolute atomic E-state index is 0.312. The van der Waals surface area contributed by atoms with Crippen LogP contribution in [0.3, 0.4) is 0 Å². The third-order valence-corrected chi connectivity index (χ3v) is 4.69. The van der Waals surface area contributed by atoms with E-state index in [2.05, 4.69) is 15.2 Å². The highest BCUT2D eigenvalue weighted by atomic mass is 19.1. The molecule has 150 valence electrons. The van der Waals surface area contributed by atoms with Crippen LogP contribution in [0.15, 0.2) is 36.7 Å². The third-order valence-electron chi connectivity index (χ3n) is 4.69. The van der Waals surface area contributed by atoms with E-state index in [1.165, 1.54) is 18.3 Å². The van der Waals surface area contributed by atoms with E-state index < -0.39 is 5.91 Å². The van der Waals surface area contributed by atoms with Crippen LogP contribution in [0.5, 0.6) is 0 Å². The molecule has 0 aliphatic rings. The summed E-state index contributed by atoms with van der Waals surface area (Å²) < 4.78 is 15.8. The van der Waals surface area contributed by atoms with Gasteiger partial charge in [0.25, 0.3) is 5.91 Å². The lowest BCUT2D eigenvalue weighted by Crippen LogP contribution is -2.19. The van der Waals surface area contributed by atoms with Crippen LogP contribution in [0.25, 0.3) is 10.9 Å². The number of rotatable bonds is 8. The summed E-state index contributed by atoms with van der Waals surface area (Å²) in [6.45, 7) is 1.72. The zero-order chi connectivity index (χ0) is 20.8. The summed E-state index contributed by atoms with van der Waals surface area (Å²) in [6, 6.07) is 6.20. The molecule has 0 aliphatic carbocycles. The van der Waals surface area contributed by atoms with E-state index in [0.717, 1.165) is 31.4 Å². The molecule has 0 bridgehead atoms. The molecular weight excluding hydrogens is 371 g/mol. The SMILES string of the molecule is CN(C)CCCCn1nc(Cc2cnccc2C(=O)NC#N)c2cc(F)ccc21. The van der Waals surface area contributed by atoms with E-state index in [-0.39, 0.29) is 5.82 Å². The molecule has 0 spiro atoms. The Hall–Kier alpha value is -3.31. The van der Waals surface area contributed by atoms with Crippen molar-refractivity contribution in [3.8, 4) is 6.19 Å². The van der Waals surface area contributed by atoms with Gasteiger partial charge in [0.05, 0.1) is 11.2 Å². The molecule has 8 heteroatoms. The maximum atomic E-state index is 13.9. The van der Waals surface area contributed by atoms with Gasteiger partial charge in [0, 0.05) is 36.3 Å². The minimum atomic E-state index is -0.497. The van der Waals surface area contributed by atoms with Crippen molar-refractivity contribution in [2.24, 2.45) is 0 Å². The van der Waals surface area contributed by atoms with Crippen LogP contribution in [0, 0.1) is 17.3 Å². The summed E-state index contributed by atoms with van der Waals surface area (Å²) >= 11 is 0. The molecule has 2 aromatic heterocycles. The lowest BCUT2D eigenvalue weighted by atomic mass is 10.0. The molecule has 1 N–H and O–H groups in total. The van der Waals surface area contributed by atoms with Crippen LogP contribution in [-0.2, 0) is 13.0 Å². The summed E-state index contributed by atoms with van der Waals surface area (Å²) in [5.41, 5.74) is 2.51. The van der Waals surface area contributed by atoms with E-state index in [9.17, 15) is 9.18 Å². The second kappa shape index (κ2) is 9.26. The summed E-state index contributed by atoms with van der Waals surface area (Å²) in [4.78, 5) is 18.4. The second-order valence-corrected chi connectivity index (χ2v) is 7.12. The minimum Gasteiger partial charge on any atom is -0.309 e. The number of unbranched alkanes of at least 4 members (excludes halogenated alkanes) is 1. The quantitative estimate of drug-likeness (QED) is 0.361. The van der Waals surface area contributed by atoms with Crippen molar-refractivity contribution >= 4 is 16.8 Å². The molecule has 0 radical (unpaired) electrons. The number of fused-ring (bicyclic) bond motifs is 1. The van der Waals surface area contributed by atoms with Crippen molar-refractivity contribution in [2.45, 2.75) is 25.8 Å². The van der Waals surface area contributed by atoms with Gasteiger partial charge in [0.1, 0.15) is 5.82 Å². The van der Waals surface area contributed by atoms with Gasteiger partial charge < -0.3 is 4.90 Å². The van der Waals surface area contributed by atoms with Crippen LogP contribution in [-0.4, -0.2) is 46.2 Å². The number of carbonyl (C=O) groups excluding carboxylic acids is 1. The highest BCUT2D eigenvalue weighted by molar-refractivity contribution is 5.96. The number of benzene rings is 1. The van der Waals surface area contributed by atoms with Crippen molar-refractivity contribution in [1.29, 1.82) is 5.26 Å². The zero-order valence-electron chi connectivity index (χ0n) is 16.5. The highest BCUT2D eigenvalue weighted by Crippen LogP contribution is 2.24. The molecule has 0 saturated heterocycles. The largest absolute Gasteiger partial charge is 0.309 e. The first kappa shape index (κ1) is 20.4. The molecule has 0 aliphatic heterocycles. The number of hydrogen-bond donors (Lipinski definition) is 1. The van der Waals surface area contributed by atoms with Crippen LogP contribution >= 0.6 is 0 Å². The summed E-state index contributed by atoms with van der Waals surface area (Å²) in [5, 5.41) is 16.3. The Labute approximate surface area is 168 Å². The van der Waals surface area contributed by atoms with Gasteiger partial charge in [0.15, 0.2) is 6.19 Å². The Morgan fingerprint density at radius 1 is 1.31 bits per heavy atom. The number of nitrogens with zero attached hydrogens (tertiary/aromatic N) is 5. The van der Waals surface area contributed by atoms with Gasteiger partial charge in [-0.05, 0) is 63.3 Å². The molecule has 1 amide bonds. The summed E-state index contributed by atoms with van der Waals surface area (Å²) in [7, 11) is 4.08. The number of aromatic nitrogens is 3. The van der Waals surface area contributed by atoms with Crippen molar-refractivity contribution in [2.75, 3.05) is 20.6 Å². The fourth-order valence-electron chi connectivity index (χ4n) is 3.30. The van der Waals surface area contributed by atoms with Gasteiger partial charge in [-0.1, -0.05) is 0 Å². The third kappa shape index (κ3) is 4.95. The monoisotopic (exact) mass is 394 g/mol. The first-order valence-corrected chi connectivity index (χ1v) is 9.41. The molecule has 3 rings (SSSR count). The Kier molecular flexibility index (Phi) is 6.52. The van der Waals surface area contributed by atoms with Crippen LogP contribution in [0.2, 0.25) is 0 Å². The molecule has 0 fully saturated rings. The van der Waals surface area contributed by atoms with E-state index in [1.807, 2.05) is 18.8 Å². The average Bonchev–Trinajstić information content (AvgIpc) is 3.02. The Morgan fingerprint density at radius 3 is 2.90 bits per heavy atom. The molecule has 0 atom stereocenters. The zero-order valence-corrected chi connectivity index (χ0v) is 16.5. The Morgan fingerprint density at radius 2 is 2.14 bits per heavy atom. The van der Waals surface area contributed by atoms with E-state index >= 15 is 0 Å². The van der Waals surface area contributed by atoms with Gasteiger partial charge in [-0.2, -0.15) is 10.4 Å². The number of halogens is 1. The maximum absolute atomic E-state index is 13.9. The van der Waals surface area contributed by atoms with Crippen LogP contribution in [0.1, 0.15) is 34.5 Å². The number of pyridine rings is 1. The van der Waals surface area contributed by atoms with Gasteiger partial charge in [0.2, 0.25) is 0 Å². The smallest absolute Gasteiger partial charge is 0.264 e. The van der Waals surface area contributed by atoms with Crippen LogP contribution in [0.4, 0.5) is 4.39 Å². The van der Waals surface area contributed by atoms with E-state index in [0.29, 0.717) is 28.6 Å². The molecule has 7 nitrogen and oxygen atoms in total. The second-order valence-electron chi connectivity index (χ2n) is 7.12. The Balaban J connectivity index is 1.91. The highest BCUT2D eigenvalue weighted by Gasteiger charge is 2.16. The van der Waals surface area contributed by atoms with Gasteiger partial charge >= 0.3 is 0 Å². The van der Waals surface area contributed by atoms with Crippen molar-refractivity contribution in [3.05, 3.63) is 59.3 Å². The van der Waals surface area contributed by atoms with E-state index in [4.69, 9.17) is 10.4 Å². The summed E-state index contributed by atoms with van der Waals surface area (Å²) in [6.07, 6.45) is 7.01. The molecule has 0 saturated carbocycles. The first-order valence-electron chi connectivity index (χ1n) is 9.41. The fraction of sp³-hybridized carbons (Fsp3) is 0.333. The predicted molar refractivity (Wildman–Crippen MR) is 108 cm³/mol. The van der Waals surface area contributed by atoms with E-state index in [1.54, 1.807) is 24.5 Å². The molecule has 3 aromatic rings.